The predicted octanol–water partition coefficient (Wildman–Crippen LogP) is 2.13. The summed E-state index contributed by atoms with van der Waals surface area (Å²) in [5.74, 6) is 1.56. The maximum absolute atomic E-state index is 11.9. The Morgan fingerprint density at radius 1 is 1.17 bits per heavy atom. The fourth-order valence-electron chi connectivity index (χ4n) is 2.03. The molecule has 3 rings (SSSR count). The van der Waals surface area contributed by atoms with Crippen LogP contribution >= 0.6 is 0 Å². The summed E-state index contributed by atoms with van der Waals surface area (Å²) in [5.41, 5.74) is 1.16. The molecule has 7 heteroatoms. The van der Waals surface area contributed by atoms with Crippen molar-refractivity contribution in [3.8, 4) is 11.5 Å². The van der Waals surface area contributed by atoms with E-state index in [1.54, 1.807) is 20.3 Å². The Hall–Kier alpha value is -2.83. The van der Waals surface area contributed by atoms with Crippen LogP contribution in [0.5, 0.6) is 11.5 Å². The van der Waals surface area contributed by atoms with Crippen LogP contribution in [-0.4, -0.2) is 36.1 Å². The molecule has 0 radical (unpaired) electrons. The first-order chi connectivity index (χ1) is 11.2. The minimum Gasteiger partial charge on any atom is -0.497 e. The molecule has 0 saturated heterocycles. The van der Waals surface area contributed by atoms with Gasteiger partial charge >= 0.3 is 0 Å². The number of aromatic nitrogens is 2. The molecule has 0 aliphatic heterocycles. The summed E-state index contributed by atoms with van der Waals surface area (Å²) in [4.78, 5) is 20.2. The molecule has 0 unspecified atom stereocenters. The molecule has 0 atom stereocenters. The van der Waals surface area contributed by atoms with Crippen molar-refractivity contribution in [1.82, 2.24) is 15.3 Å². The van der Waals surface area contributed by atoms with Crippen LogP contribution in [0, 0.1) is 0 Å². The second kappa shape index (κ2) is 6.51. The van der Waals surface area contributed by atoms with E-state index in [1.807, 2.05) is 12.1 Å². The van der Waals surface area contributed by atoms with E-state index < -0.39 is 0 Å². The molecule has 0 bridgehead atoms. The number of ether oxygens (including phenoxy) is 2. The van der Waals surface area contributed by atoms with Crippen LogP contribution in [0.15, 0.2) is 30.6 Å². The zero-order chi connectivity index (χ0) is 16.2. The highest BCUT2D eigenvalue weighted by atomic mass is 16.5. The van der Waals surface area contributed by atoms with Gasteiger partial charge in [-0.1, -0.05) is 0 Å². The van der Waals surface area contributed by atoms with Crippen molar-refractivity contribution < 1.29 is 14.3 Å². The molecule has 0 spiro atoms. The van der Waals surface area contributed by atoms with Gasteiger partial charge in [0, 0.05) is 24.5 Å². The maximum Gasteiger partial charge on any atom is 0.254 e. The number of methoxy groups -OCH3 is 2. The van der Waals surface area contributed by atoms with Gasteiger partial charge in [0.2, 0.25) is 5.95 Å². The molecule has 1 heterocycles. The lowest BCUT2D eigenvalue weighted by atomic mass is 10.2. The molecule has 2 N–H and O–H groups in total. The van der Waals surface area contributed by atoms with Crippen molar-refractivity contribution in [2.24, 2.45) is 0 Å². The van der Waals surface area contributed by atoms with Gasteiger partial charge in [0.15, 0.2) is 0 Å². The highest BCUT2D eigenvalue weighted by molar-refractivity contribution is 5.94. The molecule has 120 valence electrons. The van der Waals surface area contributed by atoms with Crippen LogP contribution in [0.3, 0.4) is 0 Å². The summed E-state index contributed by atoms with van der Waals surface area (Å²) in [7, 11) is 3.17. The van der Waals surface area contributed by atoms with Crippen molar-refractivity contribution in [3.63, 3.8) is 0 Å². The number of carbonyl (C=O) groups excluding carboxylic acids is 1. The van der Waals surface area contributed by atoms with Crippen molar-refractivity contribution in [3.05, 3.63) is 36.2 Å². The quantitative estimate of drug-likeness (QED) is 0.849. The number of hydrogen-bond acceptors (Lipinski definition) is 6. The zero-order valence-electron chi connectivity index (χ0n) is 13.0. The van der Waals surface area contributed by atoms with Crippen molar-refractivity contribution >= 4 is 17.5 Å². The molecule has 1 aliphatic carbocycles. The molecule has 23 heavy (non-hydrogen) atoms. The average Bonchev–Trinajstić information content (AvgIpc) is 3.39. The van der Waals surface area contributed by atoms with Gasteiger partial charge in [-0.15, -0.1) is 0 Å². The van der Waals surface area contributed by atoms with Crippen LogP contribution in [0.4, 0.5) is 11.6 Å². The molecule has 1 fully saturated rings. The van der Waals surface area contributed by atoms with Crippen molar-refractivity contribution in [2.45, 2.75) is 18.9 Å². The largest absolute Gasteiger partial charge is 0.497 e. The number of carbonyl (C=O) groups is 1. The number of hydrogen-bond donors (Lipinski definition) is 2. The highest BCUT2D eigenvalue weighted by Gasteiger charge is 2.24. The summed E-state index contributed by atoms with van der Waals surface area (Å²) >= 11 is 0. The first-order valence-corrected chi connectivity index (χ1v) is 7.31. The van der Waals surface area contributed by atoms with Crippen LogP contribution in [0.25, 0.3) is 0 Å². The topological polar surface area (TPSA) is 85.4 Å². The second-order valence-electron chi connectivity index (χ2n) is 5.23. The summed E-state index contributed by atoms with van der Waals surface area (Å²) in [6.45, 7) is 0. The Labute approximate surface area is 134 Å². The number of benzene rings is 1. The van der Waals surface area contributed by atoms with Gasteiger partial charge in [0.1, 0.15) is 11.5 Å². The summed E-state index contributed by atoms with van der Waals surface area (Å²) < 4.78 is 10.5. The third kappa shape index (κ3) is 3.68. The molecular weight excluding hydrogens is 296 g/mol. The van der Waals surface area contributed by atoms with Crippen molar-refractivity contribution in [2.75, 3.05) is 19.5 Å². The first-order valence-electron chi connectivity index (χ1n) is 7.31. The fraction of sp³-hybridized carbons (Fsp3) is 0.312. The Morgan fingerprint density at radius 3 is 2.52 bits per heavy atom. The minimum atomic E-state index is -0.138. The molecule has 1 saturated carbocycles. The van der Waals surface area contributed by atoms with E-state index in [0.29, 0.717) is 34.7 Å². The first kappa shape index (κ1) is 15.1. The van der Waals surface area contributed by atoms with E-state index in [0.717, 1.165) is 12.8 Å². The Balaban J connectivity index is 1.71. The Bertz CT molecular complexity index is 699. The number of anilines is 2. The van der Waals surface area contributed by atoms with E-state index in [9.17, 15) is 4.79 Å². The van der Waals surface area contributed by atoms with Crippen LogP contribution in [0.1, 0.15) is 23.2 Å². The average molecular weight is 314 g/mol. The number of amides is 1. The van der Waals surface area contributed by atoms with Crippen LogP contribution in [0.2, 0.25) is 0 Å². The molecule has 1 amide bonds. The third-order valence-electron chi connectivity index (χ3n) is 3.48. The SMILES string of the molecule is COc1ccc(Nc2ncc(C(=O)NC3CC3)cn2)c(OC)c1. The number of nitrogens with zero attached hydrogens (tertiary/aromatic N) is 2. The number of nitrogens with one attached hydrogen (secondary N) is 2. The molecule has 7 nitrogen and oxygen atoms in total. The van der Waals surface area contributed by atoms with E-state index in [4.69, 9.17) is 9.47 Å². The lowest BCUT2D eigenvalue weighted by Crippen LogP contribution is -2.25. The zero-order valence-corrected chi connectivity index (χ0v) is 13.0. The number of rotatable bonds is 6. The molecule has 1 aliphatic rings. The Kier molecular flexibility index (Phi) is 4.27. The molecule has 1 aromatic carbocycles. The normalized spacial score (nSPS) is 13.3. The standard InChI is InChI=1S/C16H18N4O3/c1-22-12-5-6-13(14(7-12)23-2)20-16-17-8-10(9-18-16)15(21)19-11-3-4-11/h5-9,11H,3-4H2,1-2H3,(H,19,21)(H,17,18,20). The summed E-state index contributed by atoms with van der Waals surface area (Å²) in [6.07, 6.45) is 5.10. The minimum absolute atomic E-state index is 0.138. The van der Waals surface area contributed by atoms with Crippen LogP contribution in [-0.2, 0) is 0 Å². The highest BCUT2D eigenvalue weighted by Crippen LogP contribution is 2.30. The van der Waals surface area contributed by atoms with Crippen molar-refractivity contribution in [1.29, 1.82) is 0 Å². The lowest BCUT2D eigenvalue weighted by molar-refractivity contribution is 0.0950. The van der Waals surface area contributed by atoms with E-state index in [2.05, 4.69) is 20.6 Å². The van der Waals surface area contributed by atoms with Gasteiger partial charge in [0.25, 0.3) is 5.91 Å². The maximum atomic E-state index is 11.9. The van der Waals surface area contributed by atoms with Gasteiger partial charge in [-0.3, -0.25) is 4.79 Å². The summed E-state index contributed by atoms with van der Waals surface area (Å²) in [5, 5.41) is 5.96. The second-order valence-corrected chi connectivity index (χ2v) is 5.23. The monoisotopic (exact) mass is 314 g/mol. The molecular formula is C16H18N4O3. The lowest BCUT2D eigenvalue weighted by Gasteiger charge is -2.11. The van der Waals surface area contributed by atoms with E-state index >= 15 is 0 Å². The van der Waals surface area contributed by atoms with Gasteiger partial charge in [0.05, 0.1) is 25.5 Å². The van der Waals surface area contributed by atoms with E-state index in [-0.39, 0.29) is 5.91 Å². The van der Waals surface area contributed by atoms with Gasteiger partial charge in [-0.25, -0.2) is 9.97 Å². The smallest absolute Gasteiger partial charge is 0.254 e. The van der Waals surface area contributed by atoms with Gasteiger partial charge < -0.3 is 20.1 Å². The van der Waals surface area contributed by atoms with Gasteiger partial charge in [-0.2, -0.15) is 0 Å². The Morgan fingerprint density at radius 2 is 1.91 bits per heavy atom. The molecule has 1 aromatic heterocycles. The third-order valence-corrected chi connectivity index (χ3v) is 3.48. The predicted molar refractivity (Wildman–Crippen MR) is 85.3 cm³/mol. The fourth-order valence-corrected chi connectivity index (χ4v) is 2.03. The molecule has 2 aromatic rings. The van der Waals surface area contributed by atoms with E-state index in [1.165, 1.54) is 12.4 Å². The summed E-state index contributed by atoms with van der Waals surface area (Å²) in [6, 6.07) is 5.69. The van der Waals surface area contributed by atoms with Gasteiger partial charge in [-0.05, 0) is 25.0 Å². The van der Waals surface area contributed by atoms with Crippen LogP contribution < -0.4 is 20.1 Å².